The Balaban J connectivity index is 0.00000161. The maximum Gasteiger partial charge on any atom is 0.223 e. The third kappa shape index (κ3) is 3.78. The van der Waals surface area contributed by atoms with Gasteiger partial charge in [0.05, 0.1) is 0 Å². The van der Waals surface area contributed by atoms with Crippen molar-refractivity contribution >= 4 is 18.3 Å². The van der Waals surface area contributed by atoms with Crippen LogP contribution in [-0.2, 0) is 17.6 Å². The maximum atomic E-state index is 12.5. The van der Waals surface area contributed by atoms with Crippen LogP contribution in [-0.4, -0.2) is 36.5 Å². The van der Waals surface area contributed by atoms with Crippen molar-refractivity contribution < 1.29 is 4.79 Å². The summed E-state index contributed by atoms with van der Waals surface area (Å²) in [6.07, 6.45) is 4.08. The normalized spacial score (nSPS) is 24.9. The molecule has 3 nitrogen and oxygen atoms in total. The van der Waals surface area contributed by atoms with Gasteiger partial charge in [-0.25, -0.2) is 0 Å². The highest BCUT2D eigenvalue weighted by Gasteiger charge is 2.27. The topological polar surface area (TPSA) is 32.3 Å². The number of hydrogen-bond acceptors (Lipinski definition) is 2. The molecule has 1 saturated heterocycles. The predicted molar refractivity (Wildman–Crippen MR) is 87.9 cm³/mol. The zero-order valence-electron chi connectivity index (χ0n) is 12.7. The van der Waals surface area contributed by atoms with E-state index in [1.165, 1.54) is 11.1 Å². The van der Waals surface area contributed by atoms with E-state index in [0.717, 1.165) is 45.3 Å². The number of nitrogens with zero attached hydrogens (tertiary/aromatic N) is 1. The zero-order chi connectivity index (χ0) is 13.9. The monoisotopic (exact) mass is 308 g/mol. The van der Waals surface area contributed by atoms with E-state index in [4.69, 9.17) is 0 Å². The minimum atomic E-state index is 0. The fourth-order valence-corrected chi connectivity index (χ4v) is 3.52. The number of fused-ring (bicyclic) bond motifs is 1. The highest BCUT2D eigenvalue weighted by atomic mass is 35.5. The van der Waals surface area contributed by atoms with E-state index in [1.807, 2.05) is 0 Å². The van der Waals surface area contributed by atoms with Crippen LogP contribution < -0.4 is 5.32 Å². The van der Waals surface area contributed by atoms with Gasteiger partial charge in [-0.05, 0) is 43.2 Å². The molecular formula is C17H25ClN2O. The predicted octanol–water partition coefficient (Wildman–Crippen LogP) is 2.42. The zero-order valence-corrected chi connectivity index (χ0v) is 13.5. The van der Waals surface area contributed by atoms with Gasteiger partial charge in [-0.2, -0.15) is 0 Å². The third-order valence-electron chi connectivity index (χ3n) is 4.73. The molecule has 1 fully saturated rings. The van der Waals surface area contributed by atoms with Crippen LogP contribution in [0, 0.1) is 5.92 Å². The van der Waals surface area contributed by atoms with Gasteiger partial charge in [0.25, 0.3) is 0 Å². The number of carbonyl (C=O) groups excluding carboxylic acids is 1. The standard InChI is InChI=1S/C17H24N2O.ClH/c1-13-12-18-8-9-19(13)17(20)11-14-6-7-15-4-2-3-5-16(15)10-14;/h2-5,13-14,18H,6-12H2,1H3;1H/t13-,14?;/m1./s1. The number of amides is 1. The number of halogens is 1. The highest BCUT2D eigenvalue weighted by molar-refractivity contribution is 5.85. The molecule has 1 aliphatic heterocycles. The first kappa shape index (κ1) is 16.3. The molecule has 21 heavy (non-hydrogen) atoms. The molecule has 0 radical (unpaired) electrons. The SMILES string of the molecule is C[C@@H]1CNCCN1C(=O)CC1CCc2ccccc2C1.Cl. The van der Waals surface area contributed by atoms with Gasteiger partial charge < -0.3 is 10.2 Å². The minimum Gasteiger partial charge on any atom is -0.337 e. The summed E-state index contributed by atoms with van der Waals surface area (Å²) in [6.45, 7) is 4.87. The Morgan fingerprint density at radius 3 is 2.86 bits per heavy atom. The Morgan fingerprint density at radius 1 is 1.33 bits per heavy atom. The first-order chi connectivity index (χ1) is 9.74. The summed E-state index contributed by atoms with van der Waals surface area (Å²) in [5, 5.41) is 3.34. The lowest BCUT2D eigenvalue weighted by Crippen LogP contribution is -2.52. The van der Waals surface area contributed by atoms with Crippen molar-refractivity contribution in [3.8, 4) is 0 Å². The molecule has 0 aromatic heterocycles. The molecule has 1 N–H and O–H groups in total. The molecule has 0 spiro atoms. The molecule has 0 bridgehead atoms. The van der Waals surface area contributed by atoms with Crippen LogP contribution in [0.2, 0.25) is 0 Å². The second-order valence-corrected chi connectivity index (χ2v) is 6.22. The van der Waals surface area contributed by atoms with Crippen molar-refractivity contribution in [2.24, 2.45) is 5.92 Å². The summed E-state index contributed by atoms with van der Waals surface area (Å²) >= 11 is 0. The van der Waals surface area contributed by atoms with Gasteiger partial charge in [0.15, 0.2) is 0 Å². The molecule has 1 aliphatic carbocycles. The van der Waals surface area contributed by atoms with Crippen molar-refractivity contribution in [3.63, 3.8) is 0 Å². The van der Waals surface area contributed by atoms with Crippen LogP contribution in [0.15, 0.2) is 24.3 Å². The van der Waals surface area contributed by atoms with Crippen molar-refractivity contribution in [3.05, 3.63) is 35.4 Å². The molecule has 2 aliphatic rings. The molecule has 1 heterocycles. The van der Waals surface area contributed by atoms with E-state index in [-0.39, 0.29) is 12.4 Å². The molecule has 2 atom stereocenters. The smallest absolute Gasteiger partial charge is 0.223 e. The quantitative estimate of drug-likeness (QED) is 0.910. The van der Waals surface area contributed by atoms with Gasteiger partial charge in [0.1, 0.15) is 0 Å². The number of piperazine rings is 1. The van der Waals surface area contributed by atoms with Crippen LogP contribution in [0.1, 0.15) is 30.9 Å². The summed E-state index contributed by atoms with van der Waals surface area (Å²) < 4.78 is 0. The Kier molecular flexibility index (Phi) is 5.65. The lowest BCUT2D eigenvalue weighted by Gasteiger charge is -2.35. The average Bonchev–Trinajstić information content (AvgIpc) is 2.47. The van der Waals surface area contributed by atoms with Gasteiger partial charge >= 0.3 is 0 Å². The molecule has 4 heteroatoms. The van der Waals surface area contributed by atoms with Crippen LogP contribution in [0.3, 0.4) is 0 Å². The average molecular weight is 309 g/mol. The molecule has 1 aromatic rings. The summed E-state index contributed by atoms with van der Waals surface area (Å²) in [4.78, 5) is 14.6. The first-order valence-corrected chi connectivity index (χ1v) is 7.81. The number of carbonyl (C=O) groups is 1. The summed E-state index contributed by atoms with van der Waals surface area (Å²) in [7, 11) is 0. The molecular weight excluding hydrogens is 284 g/mol. The van der Waals surface area contributed by atoms with Crippen LogP contribution in [0.25, 0.3) is 0 Å². The Labute approximate surface area is 133 Å². The molecule has 3 rings (SSSR count). The number of hydrogen-bond donors (Lipinski definition) is 1. The Hall–Kier alpha value is -1.06. The van der Waals surface area contributed by atoms with Crippen LogP contribution >= 0.6 is 12.4 Å². The van der Waals surface area contributed by atoms with Crippen molar-refractivity contribution in [2.75, 3.05) is 19.6 Å². The lowest BCUT2D eigenvalue weighted by molar-refractivity contribution is -0.135. The number of benzene rings is 1. The summed E-state index contributed by atoms with van der Waals surface area (Å²) in [5.74, 6) is 0.878. The van der Waals surface area contributed by atoms with Crippen LogP contribution in [0.4, 0.5) is 0 Å². The highest BCUT2D eigenvalue weighted by Crippen LogP contribution is 2.28. The summed E-state index contributed by atoms with van der Waals surface area (Å²) in [5.41, 5.74) is 2.93. The molecule has 1 unspecified atom stereocenters. The third-order valence-corrected chi connectivity index (χ3v) is 4.73. The fourth-order valence-electron chi connectivity index (χ4n) is 3.52. The van der Waals surface area contributed by atoms with E-state index in [2.05, 4.69) is 41.4 Å². The molecule has 116 valence electrons. The Bertz CT molecular complexity index is 491. The number of aryl methyl sites for hydroxylation is 1. The van der Waals surface area contributed by atoms with E-state index in [9.17, 15) is 4.79 Å². The molecule has 1 amide bonds. The van der Waals surface area contributed by atoms with Crippen molar-refractivity contribution in [1.29, 1.82) is 0 Å². The van der Waals surface area contributed by atoms with E-state index in [0.29, 0.717) is 17.9 Å². The molecule has 1 aromatic carbocycles. The fraction of sp³-hybridized carbons (Fsp3) is 0.588. The number of nitrogens with one attached hydrogen (secondary N) is 1. The van der Waals surface area contributed by atoms with E-state index < -0.39 is 0 Å². The van der Waals surface area contributed by atoms with Crippen LogP contribution in [0.5, 0.6) is 0 Å². The van der Waals surface area contributed by atoms with Gasteiger partial charge in [-0.1, -0.05) is 24.3 Å². The van der Waals surface area contributed by atoms with E-state index >= 15 is 0 Å². The van der Waals surface area contributed by atoms with Gasteiger partial charge in [0.2, 0.25) is 5.91 Å². The van der Waals surface area contributed by atoms with E-state index in [1.54, 1.807) is 0 Å². The van der Waals surface area contributed by atoms with Gasteiger partial charge in [0, 0.05) is 32.1 Å². The second-order valence-electron chi connectivity index (χ2n) is 6.22. The molecule has 0 saturated carbocycles. The minimum absolute atomic E-state index is 0. The summed E-state index contributed by atoms with van der Waals surface area (Å²) in [6, 6.07) is 9.02. The Morgan fingerprint density at radius 2 is 2.10 bits per heavy atom. The first-order valence-electron chi connectivity index (χ1n) is 7.81. The van der Waals surface area contributed by atoms with Gasteiger partial charge in [-0.15, -0.1) is 12.4 Å². The second kappa shape index (κ2) is 7.28. The number of rotatable bonds is 2. The van der Waals surface area contributed by atoms with Crippen molar-refractivity contribution in [2.45, 2.75) is 38.6 Å². The largest absolute Gasteiger partial charge is 0.337 e. The van der Waals surface area contributed by atoms with Crippen molar-refractivity contribution in [1.82, 2.24) is 10.2 Å². The van der Waals surface area contributed by atoms with Gasteiger partial charge in [-0.3, -0.25) is 4.79 Å². The lowest BCUT2D eigenvalue weighted by atomic mass is 9.82. The maximum absolute atomic E-state index is 12.5.